The largest absolute Gasteiger partial charge is 0.477 e. The Morgan fingerprint density at radius 3 is 2.58 bits per heavy atom. The van der Waals surface area contributed by atoms with E-state index in [4.69, 9.17) is 21.1 Å². The SMILES string of the molecule is COC(=O)c1cc(Cl)ccc1OCN1C[C@H](C)N(Cc2ccc(F)cc2)C(=C=O)[C@H]1C. The highest BCUT2D eigenvalue weighted by molar-refractivity contribution is 6.31. The molecular weight excluding hydrogens is 423 g/mol. The molecule has 0 saturated carbocycles. The highest BCUT2D eigenvalue weighted by Gasteiger charge is 2.34. The minimum Gasteiger partial charge on any atom is -0.477 e. The molecule has 1 fully saturated rings. The summed E-state index contributed by atoms with van der Waals surface area (Å²) >= 11 is 5.99. The molecular formula is C23H24ClFN2O4. The van der Waals surface area contributed by atoms with Gasteiger partial charge in [0.15, 0.2) is 0 Å². The van der Waals surface area contributed by atoms with E-state index in [1.54, 1.807) is 24.3 Å². The van der Waals surface area contributed by atoms with Crippen LogP contribution in [-0.2, 0) is 16.1 Å². The van der Waals surface area contributed by atoms with Crippen LogP contribution >= 0.6 is 11.6 Å². The predicted molar refractivity (Wildman–Crippen MR) is 115 cm³/mol. The van der Waals surface area contributed by atoms with E-state index in [0.29, 0.717) is 29.6 Å². The van der Waals surface area contributed by atoms with E-state index in [2.05, 4.69) is 5.94 Å². The van der Waals surface area contributed by atoms with Crippen LogP contribution in [0.3, 0.4) is 0 Å². The third-order valence-corrected chi connectivity index (χ3v) is 5.62. The fraction of sp³-hybridized carbons (Fsp3) is 0.348. The van der Waals surface area contributed by atoms with Crippen molar-refractivity contribution in [3.05, 3.63) is 70.1 Å². The van der Waals surface area contributed by atoms with Crippen molar-refractivity contribution in [2.75, 3.05) is 20.4 Å². The molecule has 0 aliphatic carbocycles. The summed E-state index contributed by atoms with van der Waals surface area (Å²) in [5.74, 6) is 1.57. The van der Waals surface area contributed by atoms with Gasteiger partial charge < -0.3 is 14.4 Å². The van der Waals surface area contributed by atoms with Crippen molar-refractivity contribution in [3.63, 3.8) is 0 Å². The van der Waals surface area contributed by atoms with Gasteiger partial charge in [-0.15, -0.1) is 0 Å². The molecule has 164 valence electrons. The van der Waals surface area contributed by atoms with E-state index in [1.165, 1.54) is 25.3 Å². The molecule has 8 heteroatoms. The van der Waals surface area contributed by atoms with Crippen molar-refractivity contribution >= 4 is 23.5 Å². The second kappa shape index (κ2) is 9.96. The van der Waals surface area contributed by atoms with Crippen LogP contribution in [0.4, 0.5) is 4.39 Å². The number of rotatable bonds is 6. The summed E-state index contributed by atoms with van der Waals surface area (Å²) in [7, 11) is 1.29. The first-order chi connectivity index (χ1) is 14.8. The average molecular weight is 447 g/mol. The zero-order valence-electron chi connectivity index (χ0n) is 17.6. The summed E-state index contributed by atoms with van der Waals surface area (Å²) < 4.78 is 23.9. The second-order valence-electron chi connectivity index (χ2n) is 7.44. The minimum atomic E-state index is -0.545. The molecule has 0 aromatic heterocycles. The first-order valence-corrected chi connectivity index (χ1v) is 10.2. The number of methoxy groups -OCH3 is 1. The van der Waals surface area contributed by atoms with Gasteiger partial charge in [0.1, 0.15) is 35.5 Å². The number of carbonyl (C=O) groups is 1. The zero-order valence-corrected chi connectivity index (χ0v) is 18.4. The maximum absolute atomic E-state index is 13.2. The van der Waals surface area contributed by atoms with Crippen molar-refractivity contribution in [3.8, 4) is 5.75 Å². The van der Waals surface area contributed by atoms with Gasteiger partial charge in [-0.25, -0.2) is 14.0 Å². The number of piperazine rings is 1. The average Bonchev–Trinajstić information content (AvgIpc) is 2.76. The third kappa shape index (κ3) is 5.25. The smallest absolute Gasteiger partial charge is 0.341 e. The molecule has 0 radical (unpaired) electrons. The predicted octanol–water partition coefficient (Wildman–Crippen LogP) is 3.91. The molecule has 1 aliphatic rings. The fourth-order valence-corrected chi connectivity index (χ4v) is 3.80. The number of esters is 1. The van der Waals surface area contributed by atoms with Crippen molar-refractivity contribution < 1.29 is 23.5 Å². The first kappa shape index (κ1) is 22.8. The second-order valence-corrected chi connectivity index (χ2v) is 7.88. The Hall–Kier alpha value is -2.86. The summed E-state index contributed by atoms with van der Waals surface area (Å²) in [5.41, 5.74) is 1.63. The summed E-state index contributed by atoms with van der Waals surface area (Å²) in [5, 5.41) is 0.398. The van der Waals surface area contributed by atoms with Gasteiger partial charge in [0, 0.05) is 24.2 Å². The Morgan fingerprint density at radius 2 is 1.94 bits per heavy atom. The van der Waals surface area contributed by atoms with Crippen LogP contribution in [0.5, 0.6) is 5.75 Å². The molecule has 3 rings (SSSR count). The number of halogens is 2. The third-order valence-electron chi connectivity index (χ3n) is 5.39. The Morgan fingerprint density at radius 1 is 1.23 bits per heavy atom. The summed E-state index contributed by atoms with van der Waals surface area (Å²) in [4.78, 5) is 27.8. The Labute approximate surface area is 185 Å². The van der Waals surface area contributed by atoms with Crippen molar-refractivity contribution in [1.82, 2.24) is 9.80 Å². The molecule has 2 aromatic carbocycles. The van der Waals surface area contributed by atoms with E-state index in [-0.39, 0.29) is 30.2 Å². The Balaban J connectivity index is 1.73. The number of nitrogens with zero attached hydrogens (tertiary/aromatic N) is 2. The van der Waals surface area contributed by atoms with E-state index < -0.39 is 5.97 Å². The van der Waals surface area contributed by atoms with Crippen LogP contribution in [-0.4, -0.2) is 54.2 Å². The lowest BCUT2D eigenvalue weighted by Crippen LogP contribution is -2.55. The number of hydrogen-bond donors (Lipinski definition) is 0. The standard InChI is InChI=1S/C23H24ClFN2O4/c1-15-11-26(14-31-22-9-6-18(24)10-20(22)23(29)30-3)16(2)21(13-28)27(15)12-17-4-7-19(25)8-5-17/h4-10,15-16H,11-12,14H2,1-3H3/t15-,16+/m0/s1. The molecule has 2 atom stereocenters. The van der Waals surface area contributed by atoms with E-state index in [1.807, 2.05) is 23.6 Å². The van der Waals surface area contributed by atoms with Crippen molar-refractivity contribution in [2.45, 2.75) is 32.5 Å². The minimum absolute atomic E-state index is 0.00778. The van der Waals surface area contributed by atoms with Crippen LogP contribution in [0, 0.1) is 5.82 Å². The van der Waals surface area contributed by atoms with Crippen LogP contribution in [0.2, 0.25) is 5.02 Å². The summed E-state index contributed by atoms with van der Waals surface area (Å²) in [6, 6.07) is 10.7. The van der Waals surface area contributed by atoms with Gasteiger partial charge in [0.2, 0.25) is 0 Å². The lowest BCUT2D eigenvalue weighted by Gasteiger charge is -2.45. The number of benzene rings is 2. The first-order valence-electron chi connectivity index (χ1n) is 9.84. The normalized spacial score (nSPS) is 19.1. The molecule has 0 bridgehead atoms. The molecule has 1 saturated heterocycles. The maximum atomic E-state index is 13.2. The Kier molecular flexibility index (Phi) is 7.33. The molecule has 0 amide bonds. The fourth-order valence-electron chi connectivity index (χ4n) is 3.63. The van der Waals surface area contributed by atoms with Crippen molar-refractivity contribution in [2.24, 2.45) is 0 Å². The van der Waals surface area contributed by atoms with Gasteiger partial charge in [-0.3, -0.25) is 4.90 Å². The quantitative estimate of drug-likeness (QED) is 0.495. The van der Waals surface area contributed by atoms with Crippen molar-refractivity contribution in [1.29, 1.82) is 0 Å². The van der Waals surface area contributed by atoms with Crippen LogP contribution < -0.4 is 4.74 Å². The lowest BCUT2D eigenvalue weighted by molar-refractivity contribution is 0.0275. The molecule has 6 nitrogen and oxygen atoms in total. The number of ether oxygens (including phenoxy) is 2. The van der Waals surface area contributed by atoms with Gasteiger partial charge in [-0.1, -0.05) is 23.7 Å². The van der Waals surface area contributed by atoms with E-state index in [0.717, 1.165) is 5.56 Å². The molecule has 2 aromatic rings. The number of hydrogen-bond acceptors (Lipinski definition) is 6. The van der Waals surface area contributed by atoms with Gasteiger partial charge >= 0.3 is 5.97 Å². The van der Waals surface area contributed by atoms with Crippen LogP contribution in [0.15, 0.2) is 48.2 Å². The topological polar surface area (TPSA) is 59.1 Å². The van der Waals surface area contributed by atoms with Gasteiger partial charge in [-0.2, -0.15) is 0 Å². The Bertz CT molecular complexity index is 992. The highest BCUT2D eigenvalue weighted by Crippen LogP contribution is 2.28. The molecule has 1 heterocycles. The van der Waals surface area contributed by atoms with Crippen LogP contribution in [0.1, 0.15) is 29.8 Å². The lowest BCUT2D eigenvalue weighted by atomic mass is 10.0. The summed E-state index contributed by atoms with van der Waals surface area (Å²) in [6.07, 6.45) is 0. The van der Waals surface area contributed by atoms with Crippen LogP contribution in [0.25, 0.3) is 0 Å². The molecule has 0 spiro atoms. The molecule has 0 N–H and O–H groups in total. The monoisotopic (exact) mass is 446 g/mol. The molecule has 31 heavy (non-hydrogen) atoms. The molecule has 1 aliphatic heterocycles. The summed E-state index contributed by atoms with van der Waals surface area (Å²) in [6.45, 7) is 5.16. The van der Waals surface area contributed by atoms with Gasteiger partial charge in [0.25, 0.3) is 0 Å². The van der Waals surface area contributed by atoms with E-state index in [9.17, 15) is 14.0 Å². The zero-order chi connectivity index (χ0) is 22.5. The molecule has 0 unspecified atom stereocenters. The number of carbonyl (C=O) groups excluding carboxylic acids is 2. The highest BCUT2D eigenvalue weighted by atomic mass is 35.5. The van der Waals surface area contributed by atoms with E-state index >= 15 is 0 Å². The van der Waals surface area contributed by atoms with Gasteiger partial charge in [-0.05, 0) is 49.7 Å². The van der Waals surface area contributed by atoms with Gasteiger partial charge in [0.05, 0.1) is 13.2 Å². The maximum Gasteiger partial charge on any atom is 0.341 e.